The fraction of sp³-hybridized carbons (Fsp3) is 0.143. The number of nitrogens with zero attached hydrogens (tertiary/aromatic N) is 2. The molecule has 0 aliphatic carbocycles. The van der Waals surface area contributed by atoms with Crippen LogP contribution in [-0.4, -0.2) is 23.0 Å². The molecule has 0 bridgehead atoms. The smallest absolute Gasteiger partial charge is 0.259 e. The number of aromatic nitrogens is 1. The quantitative estimate of drug-likeness (QED) is 0.879. The van der Waals surface area contributed by atoms with E-state index < -0.39 is 0 Å². The van der Waals surface area contributed by atoms with E-state index in [1.54, 1.807) is 44.4 Å². The Morgan fingerprint density at radius 3 is 2.67 bits per heavy atom. The first-order valence-corrected chi connectivity index (χ1v) is 5.58. The van der Waals surface area contributed by atoms with Crippen molar-refractivity contribution < 1.29 is 9.90 Å². The minimum absolute atomic E-state index is 0.121. The molecule has 1 amide bonds. The van der Waals surface area contributed by atoms with Gasteiger partial charge in [-0.25, -0.2) is 4.98 Å². The van der Waals surface area contributed by atoms with Crippen molar-refractivity contribution in [3.63, 3.8) is 0 Å². The highest BCUT2D eigenvalue weighted by Gasteiger charge is 2.14. The number of phenolic OH excluding ortho intramolecular Hbond substituents is 1. The molecule has 2 aromatic rings. The van der Waals surface area contributed by atoms with Crippen LogP contribution >= 0.6 is 0 Å². The van der Waals surface area contributed by atoms with Crippen LogP contribution in [0.25, 0.3) is 0 Å². The minimum Gasteiger partial charge on any atom is -0.508 e. The number of hydrogen-bond acceptors (Lipinski definition) is 3. The molecule has 0 spiro atoms. The number of carbonyl (C=O) groups is 1. The van der Waals surface area contributed by atoms with Gasteiger partial charge in [0.05, 0.1) is 0 Å². The number of phenols is 1. The van der Waals surface area contributed by atoms with Crippen LogP contribution in [0.4, 0.5) is 5.82 Å². The summed E-state index contributed by atoms with van der Waals surface area (Å²) in [5.41, 5.74) is 1.18. The molecule has 0 aliphatic heterocycles. The summed E-state index contributed by atoms with van der Waals surface area (Å²) in [5.74, 6) is 0.488. The van der Waals surface area contributed by atoms with Crippen molar-refractivity contribution in [3.05, 3.63) is 53.7 Å². The second kappa shape index (κ2) is 4.87. The number of aryl methyl sites for hydroxylation is 1. The third-order valence-corrected chi connectivity index (χ3v) is 2.75. The van der Waals surface area contributed by atoms with Crippen molar-refractivity contribution in [2.75, 3.05) is 11.9 Å². The maximum absolute atomic E-state index is 12.2. The fourth-order valence-electron chi connectivity index (χ4n) is 1.59. The van der Waals surface area contributed by atoms with Gasteiger partial charge in [0.25, 0.3) is 5.91 Å². The topological polar surface area (TPSA) is 53.4 Å². The Morgan fingerprint density at radius 1 is 1.28 bits per heavy atom. The summed E-state index contributed by atoms with van der Waals surface area (Å²) >= 11 is 0. The summed E-state index contributed by atoms with van der Waals surface area (Å²) in [5, 5.41) is 9.61. The van der Waals surface area contributed by atoms with Gasteiger partial charge < -0.3 is 5.11 Å². The van der Waals surface area contributed by atoms with E-state index in [2.05, 4.69) is 4.98 Å². The molecule has 1 heterocycles. The summed E-state index contributed by atoms with van der Waals surface area (Å²) in [6, 6.07) is 10.2. The molecule has 1 aromatic carbocycles. The fourth-order valence-corrected chi connectivity index (χ4v) is 1.59. The van der Waals surface area contributed by atoms with Crippen molar-refractivity contribution in [3.8, 4) is 5.75 Å². The third-order valence-electron chi connectivity index (χ3n) is 2.75. The average Bonchev–Trinajstić information content (AvgIpc) is 2.41. The highest BCUT2D eigenvalue weighted by molar-refractivity contribution is 6.05. The Balaban J connectivity index is 2.29. The van der Waals surface area contributed by atoms with Gasteiger partial charge in [0.15, 0.2) is 0 Å². The van der Waals surface area contributed by atoms with Gasteiger partial charge in [-0.3, -0.25) is 9.69 Å². The molecule has 0 atom stereocenters. The molecule has 0 aliphatic rings. The number of aromatic hydroxyl groups is 1. The Morgan fingerprint density at radius 2 is 2.06 bits per heavy atom. The lowest BCUT2D eigenvalue weighted by atomic mass is 10.1. The van der Waals surface area contributed by atoms with E-state index in [1.165, 1.54) is 11.0 Å². The Bertz CT molecular complexity index is 567. The van der Waals surface area contributed by atoms with E-state index in [0.717, 1.165) is 5.56 Å². The number of carbonyl (C=O) groups excluding carboxylic acids is 1. The maximum atomic E-state index is 12.2. The SMILES string of the molecule is Cc1ccc(C(=O)N(C)c2ccccn2)cc1O. The van der Waals surface area contributed by atoms with Crippen LogP contribution in [0.5, 0.6) is 5.75 Å². The van der Waals surface area contributed by atoms with E-state index in [9.17, 15) is 9.90 Å². The largest absolute Gasteiger partial charge is 0.508 e. The van der Waals surface area contributed by atoms with E-state index in [1.807, 2.05) is 6.07 Å². The van der Waals surface area contributed by atoms with Gasteiger partial charge >= 0.3 is 0 Å². The molecule has 18 heavy (non-hydrogen) atoms. The lowest BCUT2D eigenvalue weighted by molar-refractivity contribution is 0.0992. The van der Waals surface area contributed by atoms with Crippen molar-refractivity contribution in [2.24, 2.45) is 0 Å². The van der Waals surface area contributed by atoms with Crippen LogP contribution in [0.2, 0.25) is 0 Å². The van der Waals surface area contributed by atoms with Gasteiger partial charge in [-0.2, -0.15) is 0 Å². The molecular weight excluding hydrogens is 228 g/mol. The van der Waals surface area contributed by atoms with Crippen molar-refractivity contribution in [2.45, 2.75) is 6.92 Å². The van der Waals surface area contributed by atoms with Crippen LogP contribution in [0.15, 0.2) is 42.6 Å². The van der Waals surface area contributed by atoms with Crippen molar-refractivity contribution >= 4 is 11.7 Å². The van der Waals surface area contributed by atoms with E-state index in [0.29, 0.717) is 11.4 Å². The number of rotatable bonds is 2. The summed E-state index contributed by atoms with van der Waals surface area (Å²) in [6.07, 6.45) is 1.63. The molecule has 4 nitrogen and oxygen atoms in total. The second-order valence-electron chi connectivity index (χ2n) is 4.05. The Kier molecular flexibility index (Phi) is 3.28. The predicted molar refractivity (Wildman–Crippen MR) is 69.8 cm³/mol. The molecule has 0 saturated carbocycles. The highest BCUT2D eigenvalue weighted by atomic mass is 16.3. The Hall–Kier alpha value is -2.36. The van der Waals surface area contributed by atoms with E-state index in [-0.39, 0.29) is 11.7 Å². The van der Waals surface area contributed by atoms with Crippen LogP contribution in [-0.2, 0) is 0 Å². The average molecular weight is 242 g/mol. The minimum atomic E-state index is -0.205. The molecule has 92 valence electrons. The van der Waals surface area contributed by atoms with Gasteiger partial charge in [0.1, 0.15) is 11.6 Å². The lowest BCUT2D eigenvalue weighted by Crippen LogP contribution is -2.26. The summed E-state index contributed by atoms with van der Waals surface area (Å²) in [7, 11) is 1.65. The standard InChI is InChI=1S/C14H14N2O2/c1-10-6-7-11(9-12(10)17)14(18)16(2)13-5-3-4-8-15-13/h3-9,17H,1-2H3. The Labute approximate surface area is 106 Å². The van der Waals surface area contributed by atoms with E-state index >= 15 is 0 Å². The number of pyridine rings is 1. The molecule has 0 saturated heterocycles. The summed E-state index contributed by atoms with van der Waals surface area (Å²) in [4.78, 5) is 17.7. The molecular formula is C14H14N2O2. The highest BCUT2D eigenvalue weighted by Crippen LogP contribution is 2.19. The number of benzene rings is 1. The summed E-state index contributed by atoms with van der Waals surface area (Å²) in [6.45, 7) is 1.78. The van der Waals surface area contributed by atoms with Gasteiger partial charge in [-0.05, 0) is 36.8 Å². The van der Waals surface area contributed by atoms with Crippen LogP contribution in [0, 0.1) is 6.92 Å². The normalized spacial score (nSPS) is 10.1. The van der Waals surface area contributed by atoms with Crippen LogP contribution in [0.3, 0.4) is 0 Å². The van der Waals surface area contributed by atoms with Gasteiger partial charge in [-0.1, -0.05) is 12.1 Å². The number of amides is 1. The number of anilines is 1. The van der Waals surface area contributed by atoms with Crippen molar-refractivity contribution in [1.82, 2.24) is 4.98 Å². The monoisotopic (exact) mass is 242 g/mol. The first-order chi connectivity index (χ1) is 8.59. The first kappa shape index (κ1) is 12.1. The van der Waals surface area contributed by atoms with Crippen LogP contribution in [0.1, 0.15) is 15.9 Å². The molecule has 0 unspecified atom stereocenters. The van der Waals surface area contributed by atoms with Gasteiger partial charge in [-0.15, -0.1) is 0 Å². The van der Waals surface area contributed by atoms with E-state index in [4.69, 9.17) is 0 Å². The summed E-state index contributed by atoms with van der Waals surface area (Å²) < 4.78 is 0. The van der Waals surface area contributed by atoms with Gasteiger partial charge in [0.2, 0.25) is 0 Å². The van der Waals surface area contributed by atoms with Crippen molar-refractivity contribution in [1.29, 1.82) is 0 Å². The van der Waals surface area contributed by atoms with Crippen LogP contribution < -0.4 is 4.90 Å². The maximum Gasteiger partial charge on any atom is 0.259 e. The first-order valence-electron chi connectivity index (χ1n) is 5.58. The molecule has 4 heteroatoms. The zero-order valence-corrected chi connectivity index (χ0v) is 10.3. The zero-order valence-electron chi connectivity index (χ0n) is 10.3. The molecule has 0 radical (unpaired) electrons. The lowest BCUT2D eigenvalue weighted by Gasteiger charge is -2.16. The van der Waals surface area contributed by atoms with Gasteiger partial charge in [0, 0.05) is 18.8 Å². The molecule has 1 N–H and O–H groups in total. The third kappa shape index (κ3) is 2.32. The molecule has 2 rings (SSSR count). The molecule has 0 fully saturated rings. The predicted octanol–water partition coefficient (Wildman–Crippen LogP) is 2.37. The second-order valence-corrected chi connectivity index (χ2v) is 4.05. The molecule has 1 aromatic heterocycles. The zero-order chi connectivity index (χ0) is 13.1. The number of hydrogen-bond donors (Lipinski definition) is 1.